The van der Waals surface area contributed by atoms with Crippen molar-refractivity contribution in [2.24, 2.45) is 0 Å². The third kappa shape index (κ3) is 6.21. The summed E-state index contributed by atoms with van der Waals surface area (Å²) in [5.74, 6) is 0.134. The van der Waals surface area contributed by atoms with Gasteiger partial charge in [0.25, 0.3) is 0 Å². The van der Waals surface area contributed by atoms with E-state index in [0.717, 1.165) is 43.5 Å². The molecule has 2 fully saturated rings. The smallest absolute Gasteiger partial charge is 0.322 e. The zero-order valence-corrected chi connectivity index (χ0v) is 16.8. The molecule has 1 aliphatic carbocycles. The number of ether oxygens (including phenoxy) is 1. The van der Waals surface area contributed by atoms with Crippen LogP contribution in [0.15, 0.2) is 24.3 Å². The fourth-order valence-corrected chi connectivity index (χ4v) is 4.48. The van der Waals surface area contributed by atoms with Gasteiger partial charge in [-0.3, -0.25) is 0 Å². The summed E-state index contributed by atoms with van der Waals surface area (Å²) in [7, 11) is -2.97. The first kappa shape index (κ1) is 20.1. The Kier molecular flexibility index (Phi) is 6.76. The second kappa shape index (κ2) is 9.06. The van der Waals surface area contributed by atoms with Crippen molar-refractivity contribution in [2.45, 2.75) is 57.1 Å². The SMILES string of the molecule is CS(=O)(=O)CCc1ccc(NC(=O)N(C[C@H]2CCCO2)C2CCCC2)cc1. The normalized spacial score (nSPS) is 20.7. The van der Waals surface area contributed by atoms with E-state index in [1.807, 2.05) is 29.2 Å². The highest BCUT2D eigenvalue weighted by Crippen LogP contribution is 2.26. The van der Waals surface area contributed by atoms with Crippen LogP contribution in [-0.4, -0.2) is 56.7 Å². The summed E-state index contributed by atoms with van der Waals surface area (Å²) in [6.45, 7) is 1.45. The quantitative estimate of drug-likeness (QED) is 0.770. The average molecular weight is 395 g/mol. The Balaban J connectivity index is 1.60. The number of carbonyl (C=O) groups excluding carboxylic acids is 1. The molecule has 0 aromatic heterocycles. The van der Waals surface area contributed by atoms with Crippen LogP contribution in [0.1, 0.15) is 44.1 Å². The Hall–Kier alpha value is -1.60. The fourth-order valence-electron chi connectivity index (χ4n) is 3.87. The van der Waals surface area contributed by atoms with Gasteiger partial charge >= 0.3 is 6.03 Å². The Morgan fingerprint density at radius 1 is 1.15 bits per heavy atom. The van der Waals surface area contributed by atoms with E-state index in [4.69, 9.17) is 4.74 Å². The lowest BCUT2D eigenvalue weighted by Gasteiger charge is -2.31. The monoisotopic (exact) mass is 394 g/mol. The van der Waals surface area contributed by atoms with Crippen molar-refractivity contribution in [1.82, 2.24) is 4.90 Å². The van der Waals surface area contributed by atoms with Crippen LogP contribution in [0.25, 0.3) is 0 Å². The van der Waals surface area contributed by atoms with Crippen LogP contribution in [0.5, 0.6) is 0 Å². The van der Waals surface area contributed by atoms with Crippen molar-refractivity contribution in [3.8, 4) is 0 Å². The molecule has 1 heterocycles. The highest BCUT2D eigenvalue weighted by molar-refractivity contribution is 7.90. The van der Waals surface area contributed by atoms with Crippen molar-refractivity contribution in [3.63, 3.8) is 0 Å². The molecule has 2 amide bonds. The van der Waals surface area contributed by atoms with Crippen LogP contribution >= 0.6 is 0 Å². The van der Waals surface area contributed by atoms with E-state index in [1.54, 1.807) is 0 Å². The minimum absolute atomic E-state index is 0.0683. The summed E-state index contributed by atoms with van der Waals surface area (Å²) in [6, 6.07) is 7.66. The Labute approximate surface area is 162 Å². The number of aryl methyl sites for hydroxylation is 1. The molecule has 27 heavy (non-hydrogen) atoms. The second-order valence-electron chi connectivity index (χ2n) is 7.73. The van der Waals surface area contributed by atoms with Crippen LogP contribution in [0.4, 0.5) is 10.5 Å². The topological polar surface area (TPSA) is 75.7 Å². The molecular weight excluding hydrogens is 364 g/mol. The van der Waals surface area contributed by atoms with Crippen molar-refractivity contribution in [3.05, 3.63) is 29.8 Å². The molecule has 1 aliphatic heterocycles. The maximum absolute atomic E-state index is 12.9. The third-order valence-corrected chi connectivity index (χ3v) is 6.36. The van der Waals surface area contributed by atoms with Crippen molar-refractivity contribution in [2.75, 3.05) is 30.5 Å². The molecule has 2 aliphatic rings. The third-order valence-electron chi connectivity index (χ3n) is 5.42. The van der Waals surface area contributed by atoms with E-state index in [0.29, 0.717) is 19.0 Å². The first-order chi connectivity index (χ1) is 12.9. The van der Waals surface area contributed by atoms with E-state index < -0.39 is 9.84 Å². The molecule has 1 saturated carbocycles. The van der Waals surface area contributed by atoms with Crippen LogP contribution < -0.4 is 5.32 Å². The molecule has 1 aromatic rings. The number of anilines is 1. The van der Waals surface area contributed by atoms with Gasteiger partial charge in [-0.25, -0.2) is 13.2 Å². The minimum atomic E-state index is -2.97. The van der Waals surface area contributed by atoms with E-state index in [9.17, 15) is 13.2 Å². The maximum atomic E-state index is 12.9. The van der Waals surface area contributed by atoms with Gasteiger partial charge in [-0.1, -0.05) is 25.0 Å². The van der Waals surface area contributed by atoms with Crippen LogP contribution in [0.3, 0.4) is 0 Å². The van der Waals surface area contributed by atoms with Gasteiger partial charge < -0.3 is 15.0 Å². The number of amides is 2. The highest BCUT2D eigenvalue weighted by atomic mass is 32.2. The molecule has 0 unspecified atom stereocenters. The van der Waals surface area contributed by atoms with E-state index in [1.165, 1.54) is 19.1 Å². The van der Waals surface area contributed by atoms with E-state index >= 15 is 0 Å². The highest BCUT2D eigenvalue weighted by Gasteiger charge is 2.30. The first-order valence-electron chi connectivity index (χ1n) is 9.86. The summed E-state index contributed by atoms with van der Waals surface area (Å²) in [5, 5.41) is 3.01. The summed E-state index contributed by atoms with van der Waals surface area (Å²) in [6.07, 6.45) is 8.44. The molecule has 0 spiro atoms. The molecule has 1 N–H and O–H groups in total. The summed E-state index contributed by atoms with van der Waals surface area (Å²) < 4.78 is 28.3. The molecule has 1 aromatic carbocycles. The van der Waals surface area contributed by atoms with Gasteiger partial charge in [-0.15, -0.1) is 0 Å². The standard InChI is InChI=1S/C20H30N2O4S/c1-27(24,25)14-12-16-8-10-17(11-9-16)21-20(23)22(18-5-2-3-6-18)15-19-7-4-13-26-19/h8-11,18-19H,2-7,12-15H2,1H3,(H,21,23)/t19-/m1/s1. The molecule has 0 radical (unpaired) electrons. The fraction of sp³-hybridized carbons (Fsp3) is 0.650. The molecule has 0 bridgehead atoms. The maximum Gasteiger partial charge on any atom is 0.322 e. The number of hydrogen-bond acceptors (Lipinski definition) is 4. The number of hydrogen-bond donors (Lipinski definition) is 1. The van der Waals surface area contributed by atoms with Gasteiger partial charge in [0.1, 0.15) is 9.84 Å². The Morgan fingerprint density at radius 3 is 2.44 bits per heavy atom. The van der Waals surface area contributed by atoms with Crippen molar-refractivity contribution < 1.29 is 17.9 Å². The largest absolute Gasteiger partial charge is 0.376 e. The predicted octanol–water partition coefficient (Wildman–Crippen LogP) is 3.23. The number of carbonyl (C=O) groups is 1. The lowest BCUT2D eigenvalue weighted by Crippen LogP contribution is -2.45. The molecule has 6 nitrogen and oxygen atoms in total. The second-order valence-corrected chi connectivity index (χ2v) is 9.99. The number of nitrogens with one attached hydrogen (secondary N) is 1. The predicted molar refractivity (Wildman–Crippen MR) is 107 cm³/mol. The Bertz CT molecular complexity index is 721. The zero-order chi connectivity index (χ0) is 19.3. The first-order valence-corrected chi connectivity index (χ1v) is 11.9. The number of urea groups is 1. The minimum Gasteiger partial charge on any atom is -0.376 e. The lowest BCUT2D eigenvalue weighted by atomic mass is 10.1. The van der Waals surface area contributed by atoms with Gasteiger partial charge in [0.05, 0.1) is 11.9 Å². The molecule has 1 atom stereocenters. The Morgan fingerprint density at radius 2 is 1.85 bits per heavy atom. The van der Waals surface area contributed by atoms with Crippen LogP contribution in [0, 0.1) is 0 Å². The van der Waals surface area contributed by atoms with Gasteiger partial charge in [0, 0.05) is 31.1 Å². The number of sulfone groups is 1. The molecular formula is C20H30N2O4S. The van der Waals surface area contributed by atoms with Gasteiger partial charge in [0.15, 0.2) is 0 Å². The molecule has 3 rings (SSSR count). The van der Waals surface area contributed by atoms with Crippen LogP contribution in [-0.2, 0) is 21.0 Å². The van der Waals surface area contributed by atoms with Crippen molar-refractivity contribution >= 4 is 21.6 Å². The van der Waals surface area contributed by atoms with Gasteiger partial charge in [-0.05, 0) is 49.8 Å². The van der Waals surface area contributed by atoms with Crippen molar-refractivity contribution in [1.29, 1.82) is 0 Å². The summed E-state index contributed by atoms with van der Waals surface area (Å²) in [5.41, 5.74) is 1.68. The summed E-state index contributed by atoms with van der Waals surface area (Å²) >= 11 is 0. The number of benzene rings is 1. The van der Waals surface area contributed by atoms with E-state index in [2.05, 4.69) is 5.32 Å². The molecule has 7 heteroatoms. The van der Waals surface area contributed by atoms with Gasteiger partial charge in [0.2, 0.25) is 0 Å². The van der Waals surface area contributed by atoms with Gasteiger partial charge in [-0.2, -0.15) is 0 Å². The lowest BCUT2D eigenvalue weighted by molar-refractivity contribution is 0.0729. The summed E-state index contributed by atoms with van der Waals surface area (Å²) in [4.78, 5) is 14.9. The molecule has 150 valence electrons. The molecule has 1 saturated heterocycles. The number of nitrogens with zero attached hydrogens (tertiary/aromatic N) is 1. The number of rotatable bonds is 7. The van der Waals surface area contributed by atoms with Crippen LogP contribution in [0.2, 0.25) is 0 Å². The van der Waals surface area contributed by atoms with E-state index in [-0.39, 0.29) is 17.9 Å². The average Bonchev–Trinajstić information content (AvgIpc) is 3.32. The zero-order valence-electron chi connectivity index (χ0n) is 16.0.